The fourth-order valence-corrected chi connectivity index (χ4v) is 2.79. The Balaban J connectivity index is 1.69. The minimum atomic E-state index is -0.533. The molecule has 0 amide bonds. The van der Waals surface area contributed by atoms with E-state index in [1.807, 2.05) is 0 Å². The molecule has 2 aromatic rings. The first-order chi connectivity index (χ1) is 13.7. The van der Waals surface area contributed by atoms with Crippen molar-refractivity contribution >= 4 is 43.8 Å². The molecule has 0 fully saturated rings. The minimum Gasteiger partial charge on any atom is -0.506 e. The molecule has 2 aromatic carbocycles. The molecule has 0 saturated carbocycles. The topological polar surface area (TPSA) is 134 Å². The zero-order valence-corrected chi connectivity index (χ0v) is 18.2. The third-order valence-electron chi connectivity index (χ3n) is 3.74. The molecule has 0 atom stereocenters. The maximum absolute atomic E-state index is 11.8. The molecule has 0 radical (unpaired) electrons. The average molecular weight is 534 g/mol. The van der Waals surface area contributed by atoms with E-state index in [0.717, 1.165) is 0 Å². The highest BCUT2D eigenvalue weighted by Gasteiger charge is 2.13. The summed E-state index contributed by atoms with van der Waals surface area (Å²) in [5.74, 6) is -2.02. The number of rotatable bonds is 8. The number of hydrogen-bond donors (Lipinski definition) is 4. The molecule has 156 valence electrons. The first-order valence-electron chi connectivity index (χ1n) is 8.51. The molecule has 2 rings (SSSR count). The first-order valence-corrected chi connectivity index (χ1v) is 10.1. The van der Waals surface area contributed by atoms with Crippen LogP contribution in [0, 0.1) is 0 Å². The molecule has 4 N–H and O–H groups in total. The van der Waals surface area contributed by atoms with E-state index in [1.54, 1.807) is 0 Å². The van der Waals surface area contributed by atoms with Crippen molar-refractivity contribution in [3.8, 4) is 34.5 Å². The van der Waals surface area contributed by atoms with Crippen LogP contribution in [0.2, 0.25) is 0 Å². The van der Waals surface area contributed by atoms with Crippen molar-refractivity contribution in [1.82, 2.24) is 0 Å². The molecule has 10 heteroatoms. The predicted molar refractivity (Wildman–Crippen MR) is 109 cm³/mol. The maximum atomic E-state index is 11.8. The van der Waals surface area contributed by atoms with Crippen molar-refractivity contribution in [3.63, 3.8) is 0 Å². The van der Waals surface area contributed by atoms with Crippen molar-refractivity contribution in [2.24, 2.45) is 0 Å². The van der Waals surface area contributed by atoms with Crippen molar-refractivity contribution < 1.29 is 39.5 Å². The maximum Gasteiger partial charge on any atom is 0.311 e. The third kappa shape index (κ3) is 6.82. The molecule has 0 aliphatic carbocycles. The lowest BCUT2D eigenvalue weighted by molar-refractivity contribution is -0.134. The zero-order valence-electron chi connectivity index (χ0n) is 15.0. The Morgan fingerprint density at radius 2 is 0.966 bits per heavy atom. The zero-order chi connectivity index (χ0) is 21.6. The lowest BCUT2D eigenvalue weighted by Gasteiger charge is -2.08. The number of ether oxygens (including phenoxy) is 2. The standard InChI is InChI=1S/C19H18Br2O8/c20-18-12(22)6-10(7-13(18)23)28-16(26)4-2-1-3-5-17(27)29-11-8-14(24)19(21)15(25)9-11/h6-9,22-25H,1-5H2. The summed E-state index contributed by atoms with van der Waals surface area (Å²) in [6, 6.07) is 4.82. The highest BCUT2D eigenvalue weighted by Crippen LogP contribution is 2.38. The van der Waals surface area contributed by atoms with Gasteiger partial charge in [-0.25, -0.2) is 0 Å². The first kappa shape index (κ1) is 22.8. The van der Waals surface area contributed by atoms with Crippen molar-refractivity contribution in [1.29, 1.82) is 0 Å². The Kier molecular flexibility index (Phi) is 8.15. The molecular formula is C19H18Br2O8. The van der Waals surface area contributed by atoms with Crippen molar-refractivity contribution in [2.75, 3.05) is 0 Å². The second-order valence-electron chi connectivity index (χ2n) is 6.06. The summed E-state index contributed by atoms with van der Waals surface area (Å²) in [6.45, 7) is 0. The van der Waals surface area contributed by atoms with Crippen molar-refractivity contribution in [3.05, 3.63) is 33.2 Å². The average Bonchev–Trinajstić information content (AvgIpc) is 2.63. The molecule has 0 heterocycles. The van der Waals surface area contributed by atoms with Gasteiger partial charge in [-0.05, 0) is 44.7 Å². The summed E-state index contributed by atoms with van der Waals surface area (Å²) in [6.07, 6.45) is 1.71. The molecule has 0 aliphatic heterocycles. The number of hydrogen-bond acceptors (Lipinski definition) is 8. The Morgan fingerprint density at radius 3 is 1.28 bits per heavy atom. The van der Waals surface area contributed by atoms with Gasteiger partial charge >= 0.3 is 11.9 Å². The number of carbonyl (C=O) groups excluding carboxylic acids is 2. The SMILES string of the molecule is O=C(CCCCCC(=O)Oc1cc(O)c(Br)c(O)c1)Oc1cc(O)c(Br)c(O)c1. The Morgan fingerprint density at radius 1 is 0.655 bits per heavy atom. The minimum absolute atomic E-state index is 0.0257. The second-order valence-corrected chi connectivity index (χ2v) is 7.65. The quantitative estimate of drug-likeness (QED) is 0.221. The van der Waals surface area contributed by atoms with Crippen LogP contribution in [0.3, 0.4) is 0 Å². The van der Waals surface area contributed by atoms with Gasteiger partial charge in [0.15, 0.2) is 0 Å². The lowest BCUT2D eigenvalue weighted by Crippen LogP contribution is -2.09. The predicted octanol–water partition coefficient (Wildman–Crippen LogP) is 4.50. The van der Waals surface area contributed by atoms with E-state index in [1.165, 1.54) is 24.3 Å². The van der Waals surface area contributed by atoms with Crippen LogP contribution in [0.1, 0.15) is 32.1 Å². The Bertz CT molecular complexity index is 794. The van der Waals surface area contributed by atoms with Crippen LogP contribution in [0.25, 0.3) is 0 Å². The van der Waals surface area contributed by atoms with Gasteiger partial charge in [0.2, 0.25) is 0 Å². The van der Waals surface area contributed by atoms with Gasteiger partial charge in [0.05, 0.1) is 0 Å². The van der Waals surface area contributed by atoms with Crippen LogP contribution in [0.5, 0.6) is 34.5 Å². The molecule has 0 bridgehead atoms. The van der Waals surface area contributed by atoms with Crippen LogP contribution in [0.4, 0.5) is 0 Å². The van der Waals surface area contributed by atoms with Gasteiger partial charge < -0.3 is 29.9 Å². The van der Waals surface area contributed by atoms with Gasteiger partial charge in [0.25, 0.3) is 0 Å². The Labute approximate surface area is 183 Å². The van der Waals surface area contributed by atoms with Gasteiger partial charge in [-0.1, -0.05) is 6.42 Å². The van der Waals surface area contributed by atoms with Gasteiger partial charge in [-0.3, -0.25) is 9.59 Å². The van der Waals surface area contributed by atoms with E-state index in [9.17, 15) is 30.0 Å². The molecule has 0 aliphatic rings. The van der Waals surface area contributed by atoms with Crippen molar-refractivity contribution in [2.45, 2.75) is 32.1 Å². The highest BCUT2D eigenvalue weighted by atomic mass is 79.9. The van der Waals surface area contributed by atoms with Crippen LogP contribution < -0.4 is 9.47 Å². The molecule has 0 aromatic heterocycles. The molecule has 0 unspecified atom stereocenters. The number of benzene rings is 2. The largest absolute Gasteiger partial charge is 0.506 e. The van der Waals surface area contributed by atoms with Gasteiger partial charge in [-0.2, -0.15) is 0 Å². The lowest BCUT2D eigenvalue weighted by atomic mass is 10.1. The number of unbranched alkanes of at least 4 members (excludes halogenated alkanes) is 2. The summed E-state index contributed by atoms with van der Waals surface area (Å²) >= 11 is 5.95. The fraction of sp³-hybridized carbons (Fsp3) is 0.263. The number of aromatic hydroxyl groups is 4. The number of phenolic OH excluding ortho intramolecular Hbond substituents is 4. The van der Waals surface area contributed by atoms with Crippen LogP contribution in [-0.2, 0) is 9.59 Å². The van der Waals surface area contributed by atoms with E-state index in [-0.39, 0.29) is 56.3 Å². The molecule has 0 spiro atoms. The van der Waals surface area contributed by atoms with Crippen LogP contribution in [0.15, 0.2) is 33.2 Å². The van der Waals surface area contributed by atoms with E-state index in [0.29, 0.717) is 19.3 Å². The number of halogens is 2. The Hall–Kier alpha value is -2.46. The smallest absolute Gasteiger partial charge is 0.311 e. The fourth-order valence-electron chi connectivity index (χ4n) is 2.34. The van der Waals surface area contributed by atoms with Gasteiger partial charge in [0, 0.05) is 37.1 Å². The van der Waals surface area contributed by atoms with E-state index in [4.69, 9.17) is 9.47 Å². The highest BCUT2D eigenvalue weighted by molar-refractivity contribution is 9.11. The van der Waals surface area contributed by atoms with E-state index >= 15 is 0 Å². The number of carbonyl (C=O) groups is 2. The summed E-state index contributed by atoms with van der Waals surface area (Å²) in [7, 11) is 0. The summed E-state index contributed by atoms with van der Waals surface area (Å²) < 4.78 is 10.3. The van der Waals surface area contributed by atoms with E-state index < -0.39 is 11.9 Å². The number of phenols is 4. The van der Waals surface area contributed by atoms with Gasteiger partial charge in [0.1, 0.15) is 43.4 Å². The summed E-state index contributed by atoms with van der Waals surface area (Å²) in [4.78, 5) is 23.6. The normalized spacial score (nSPS) is 10.6. The third-order valence-corrected chi connectivity index (χ3v) is 5.37. The summed E-state index contributed by atoms with van der Waals surface area (Å²) in [5, 5.41) is 38.3. The monoisotopic (exact) mass is 532 g/mol. The van der Waals surface area contributed by atoms with E-state index in [2.05, 4.69) is 31.9 Å². The molecule has 8 nitrogen and oxygen atoms in total. The number of esters is 2. The molecule has 0 saturated heterocycles. The van der Waals surface area contributed by atoms with Gasteiger partial charge in [-0.15, -0.1) is 0 Å². The van der Waals surface area contributed by atoms with Crippen LogP contribution in [-0.4, -0.2) is 32.4 Å². The van der Waals surface area contributed by atoms with Crippen LogP contribution >= 0.6 is 31.9 Å². The second kappa shape index (κ2) is 10.4. The summed E-state index contributed by atoms with van der Waals surface area (Å²) in [5.41, 5.74) is 0. The molecule has 29 heavy (non-hydrogen) atoms. The molecular weight excluding hydrogens is 516 g/mol.